The maximum atomic E-state index is 11.4. The van der Waals surface area contributed by atoms with Crippen molar-refractivity contribution < 1.29 is 14.3 Å². The summed E-state index contributed by atoms with van der Waals surface area (Å²) in [5.74, 6) is 0.180. The van der Waals surface area contributed by atoms with Crippen LogP contribution in [0.5, 0.6) is 0 Å². The van der Waals surface area contributed by atoms with Crippen molar-refractivity contribution in [2.24, 2.45) is 5.92 Å². The number of methoxy groups -OCH3 is 1. The van der Waals surface area contributed by atoms with Crippen LogP contribution in [-0.2, 0) is 14.3 Å². The SMILES string of the molecule is COC(=O)CC(CC/C=C(\C)CCC=C(C)C)C1CO1. The first-order valence-corrected chi connectivity index (χ1v) is 7.50. The topological polar surface area (TPSA) is 38.8 Å². The predicted molar refractivity (Wildman–Crippen MR) is 81.5 cm³/mol. The summed E-state index contributed by atoms with van der Waals surface area (Å²) in [5, 5.41) is 0. The van der Waals surface area contributed by atoms with Gasteiger partial charge in [0.1, 0.15) is 0 Å². The van der Waals surface area contributed by atoms with Crippen LogP contribution in [0.1, 0.15) is 52.9 Å². The van der Waals surface area contributed by atoms with Crippen molar-refractivity contribution in [3.63, 3.8) is 0 Å². The highest BCUT2D eigenvalue weighted by Gasteiger charge is 2.33. The van der Waals surface area contributed by atoms with E-state index in [4.69, 9.17) is 9.47 Å². The van der Waals surface area contributed by atoms with Gasteiger partial charge in [0.05, 0.1) is 26.2 Å². The van der Waals surface area contributed by atoms with Crippen LogP contribution in [0.25, 0.3) is 0 Å². The van der Waals surface area contributed by atoms with Gasteiger partial charge in [-0.3, -0.25) is 4.79 Å². The maximum Gasteiger partial charge on any atom is 0.305 e. The Kier molecular flexibility index (Phi) is 7.60. The quantitative estimate of drug-likeness (QED) is 0.363. The Morgan fingerprint density at radius 1 is 1.30 bits per heavy atom. The van der Waals surface area contributed by atoms with Crippen LogP contribution < -0.4 is 0 Å². The molecule has 1 rings (SSSR count). The van der Waals surface area contributed by atoms with Gasteiger partial charge in [-0.15, -0.1) is 0 Å². The minimum atomic E-state index is -0.130. The lowest BCUT2D eigenvalue weighted by atomic mass is 9.95. The summed E-state index contributed by atoms with van der Waals surface area (Å²) < 4.78 is 10.1. The summed E-state index contributed by atoms with van der Waals surface area (Å²) in [4.78, 5) is 11.4. The molecular weight excluding hydrogens is 252 g/mol. The lowest BCUT2D eigenvalue weighted by Gasteiger charge is -2.11. The highest BCUT2D eigenvalue weighted by molar-refractivity contribution is 5.69. The molecule has 0 radical (unpaired) electrons. The van der Waals surface area contributed by atoms with Crippen molar-refractivity contribution in [2.45, 2.75) is 59.0 Å². The van der Waals surface area contributed by atoms with E-state index in [-0.39, 0.29) is 12.1 Å². The third-order valence-electron chi connectivity index (χ3n) is 3.66. The Hall–Kier alpha value is -1.09. The first kappa shape index (κ1) is 17.0. The standard InChI is InChI=1S/C17H28O3/c1-13(2)7-5-8-14(3)9-6-10-15(16-12-20-16)11-17(18)19-4/h7,9,15-16H,5-6,8,10-12H2,1-4H3/b14-9+. The Morgan fingerprint density at radius 3 is 2.55 bits per heavy atom. The van der Waals surface area contributed by atoms with Crippen LogP contribution in [0.4, 0.5) is 0 Å². The summed E-state index contributed by atoms with van der Waals surface area (Å²) in [5.41, 5.74) is 2.80. The number of ether oxygens (including phenoxy) is 2. The molecule has 0 aromatic heterocycles. The molecule has 0 aromatic carbocycles. The maximum absolute atomic E-state index is 11.4. The van der Waals surface area contributed by atoms with E-state index >= 15 is 0 Å². The zero-order chi connectivity index (χ0) is 15.0. The molecule has 1 fully saturated rings. The highest BCUT2D eigenvalue weighted by atomic mass is 16.6. The van der Waals surface area contributed by atoms with Crippen LogP contribution >= 0.6 is 0 Å². The van der Waals surface area contributed by atoms with Crippen LogP contribution in [0.3, 0.4) is 0 Å². The second-order valence-electron chi connectivity index (χ2n) is 5.86. The smallest absolute Gasteiger partial charge is 0.305 e. The summed E-state index contributed by atoms with van der Waals surface area (Å²) in [7, 11) is 1.44. The molecule has 2 unspecified atom stereocenters. The van der Waals surface area contributed by atoms with E-state index in [0.29, 0.717) is 12.3 Å². The third kappa shape index (κ3) is 7.49. The fourth-order valence-corrected chi connectivity index (χ4v) is 2.28. The van der Waals surface area contributed by atoms with Crippen molar-refractivity contribution in [3.05, 3.63) is 23.3 Å². The second-order valence-corrected chi connectivity index (χ2v) is 5.86. The van der Waals surface area contributed by atoms with Crippen LogP contribution in [0.15, 0.2) is 23.3 Å². The Balaban J connectivity index is 2.28. The normalized spacial score (nSPS) is 19.4. The third-order valence-corrected chi connectivity index (χ3v) is 3.66. The fourth-order valence-electron chi connectivity index (χ4n) is 2.28. The van der Waals surface area contributed by atoms with Crippen molar-refractivity contribution in [3.8, 4) is 0 Å². The Morgan fingerprint density at radius 2 is 2.00 bits per heavy atom. The number of allylic oxidation sites excluding steroid dienone is 4. The number of carbonyl (C=O) groups excluding carboxylic acids is 1. The zero-order valence-electron chi connectivity index (χ0n) is 13.3. The van der Waals surface area contributed by atoms with Gasteiger partial charge < -0.3 is 9.47 Å². The molecule has 0 bridgehead atoms. The molecule has 1 aliphatic heterocycles. The lowest BCUT2D eigenvalue weighted by Crippen LogP contribution is -2.15. The number of hydrogen-bond donors (Lipinski definition) is 0. The molecule has 1 aliphatic rings. The van der Waals surface area contributed by atoms with Crippen LogP contribution in [0.2, 0.25) is 0 Å². The van der Waals surface area contributed by atoms with E-state index in [1.54, 1.807) is 0 Å². The number of hydrogen-bond acceptors (Lipinski definition) is 3. The van der Waals surface area contributed by atoms with E-state index in [9.17, 15) is 4.79 Å². The molecule has 0 spiro atoms. The highest BCUT2D eigenvalue weighted by Crippen LogP contribution is 2.28. The van der Waals surface area contributed by atoms with Crippen molar-refractivity contribution >= 4 is 5.97 Å². The average Bonchev–Trinajstić information content (AvgIpc) is 3.21. The fraction of sp³-hybridized carbons (Fsp3) is 0.706. The monoisotopic (exact) mass is 280 g/mol. The molecule has 0 aliphatic carbocycles. The van der Waals surface area contributed by atoms with Gasteiger partial charge in [0.25, 0.3) is 0 Å². The van der Waals surface area contributed by atoms with Gasteiger partial charge in [0.2, 0.25) is 0 Å². The molecule has 20 heavy (non-hydrogen) atoms. The first-order chi connectivity index (χ1) is 9.52. The van der Waals surface area contributed by atoms with Crippen molar-refractivity contribution in [1.82, 2.24) is 0 Å². The molecular formula is C17H28O3. The van der Waals surface area contributed by atoms with Gasteiger partial charge in [-0.1, -0.05) is 23.3 Å². The molecule has 0 aromatic rings. The number of rotatable bonds is 9. The predicted octanol–water partition coefficient (Wildman–Crippen LogP) is 4.04. The van der Waals surface area contributed by atoms with E-state index < -0.39 is 0 Å². The van der Waals surface area contributed by atoms with E-state index in [1.807, 2.05) is 0 Å². The molecule has 2 atom stereocenters. The molecule has 3 heteroatoms. The van der Waals surface area contributed by atoms with E-state index in [2.05, 4.69) is 32.9 Å². The number of carbonyl (C=O) groups is 1. The molecule has 0 N–H and O–H groups in total. The summed E-state index contributed by atoms with van der Waals surface area (Å²) in [6, 6.07) is 0. The average molecular weight is 280 g/mol. The first-order valence-electron chi connectivity index (χ1n) is 7.50. The van der Waals surface area contributed by atoms with Crippen molar-refractivity contribution in [2.75, 3.05) is 13.7 Å². The minimum Gasteiger partial charge on any atom is -0.469 e. The Labute approximate surface area is 123 Å². The van der Waals surface area contributed by atoms with Crippen molar-refractivity contribution in [1.29, 1.82) is 0 Å². The molecule has 0 amide bonds. The van der Waals surface area contributed by atoms with Gasteiger partial charge in [-0.05, 0) is 52.4 Å². The van der Waals surface area contributed by atoms with Crippen LogP contribution in [0, 0.1) is 5.92 Å². The van der Waals surface area contributed by atoms with Gasteiger partial charge >= 0.3 is 5.97 Å². The zero-order valence-corrected chi connectivity index (χ0v) is 13.3. The van der Waals surface area contributed by atoms with Gasteiger partial charge in [0, 0.05) is 0 Å². The minimum absolute atomic E-state index is 0.130. The van der Waals surface area contributed by atoms with Gasteiger partial charge in [-0.25, -0.2) is 0 Å². The number of esters is 1. The second kappa shape index (κ2) is 8.96. The number of epoxide rings is 1. The molecule has 1 saturated heterocycles. The Bertz CT molecular complexity index is 360. The van der Waals surface area contributed by atoms with E-state index in [1.165, 1.54) is 18.3 Å². The van der Waals surface area contributed by atoms with Gasteiger partial charge in [0.15, 0.2) is 0 Å². The summed E-state index contributed by atoms with van der Waals surface area (Å²) >= 11 is 0. The summed E-state index contributed by atoms with van der Waals surface area (Å²) in [6.07, 6.45) is 9.57. The summed E-state index contributed by atoms with van der Waals surface area (Å²) in [6.45, 7) is 7.24. The lowest BCUT2D eigenvalue weighted by molar-refractivity contribution is -0.141. The van der Waals surface area contributed by atoms with Crippen LogP contribution in [-0.4, -0.2) is 25.8 Å². The molecule has 114 valence electrons. The van der Waals surface area contributed by atoms with Gasteiger partial charge in [-0.2, -0.15) is 0 Å². The van der Waals surface area contributed by atoms with E-state index in [0.717, 1.165) is 32.3 Å². The largest absolute Gasteiger partial charge is 0.469 e. The molecule has 3 nitrogen and oxygen atoms in total. The molecule has 1 heterocycles. The molecule has 0 saturated carbocycles.